The van der Waals surface area contributed by atoms with Crippen molar-refractivity contribution in [2.24, 2.45) is 0 Å². The second-order valence-corrected chi connectivity index (χ2v) is 26.6. The minimum atomic E-state index is 0.0850. The lowest BCUT2D eigenvalue weighted by molar-refractivity contribution is 0.487. The first-order valence-corrected chi connectivity index (χ1v) is 28.5. The Morgan fingerprint density at radius 1 is 0.253 bits per heavy atom. The number of hydrogen-bond donors (Lipinski definition) is 0. The molecule has 0 saturated carbocycles. The molecule has 12 rings (SSSR count). The maximum atomic E-state index is 6.96. The molecule has 0 N–H and O–H groups in total. The van der Waals surface area contributed by atoms with E-state index >= 15 is 0 Å². The van der Waals surface area contributed by atoms with E-state index in [-0.39, 0.29) is 35.1 Å². The van der Waals surface area contributed by atoms with Crippen LogP contribution in [0.25, 0.3) is 65.7 Å². The molecule has 1 heterocycles. The van der Waals surface area contributed by atoms with Crippen molar-refractivity contribution in [1.29, 1.82) is 0 Å². The highest BCUT2D eigenvalue weighted by atomic mass is 16.5. The molecule has 0 unspecified atom stereocenters. The van der Waals surface area contributed by atoms with Crippen molar-refractivity contribution >= 4 is 78.5 Å². The van der Waals surface area contributed by atoms with Crippen molar-refractivity contribution in [3.8, 4) is 44.9 Å². The summed E-state index contributed by atoms with van der Waals surface area (Å²) in [7, 11) is 0. The number of hydrogen-bond acceptors (Lipinski definition) is 1. The van der Waals surface area contributed by atoms with Crippen molar-refractivity contribution < 1.29 is 4.74 Å². The van der Waals surface area contributed by atoms with Gasteiger partial charge in [0, 0.05) is 10.9 Å². The van der Waals surface area contributed by atoms with E-state index in [0.717, 1.165) is 33.6 Å². The highest BCUT2D eigenvalue weighted by Gasteiger charge is 2.28. The fraction of sp³-hybridized carbons (Fsp3) is 0.211. The second kappa shape index (κ2) is 19.5. The van der Waals surface area contributed by atoms with E-state index < -0.39 is 0 Å². The maximum Gasteiger partial charge on any atom is 0.241 e. The summed E-state index contributed by atoms with van der Waals surface area (Å²) < 4.78 is 6.96. The van der Waals surface area contributed by atoms with Gasteiger partial charge in [0.05, 0.1) is 0 Å². The van der Waals surface area contributed by atoms with Gasteiger partial charge in [-0.3, -0.25) is 0 Å². The predicted molar refractivity (Wildman–Crippen MR) is 345 cm³/mol. The first kappa shape index (κ1) is 51.9. The van der Waals surface area contributed by atoms with E-state index in [9.17, 15) is 0 Å². The van der Waals surface area contributed by atoms with Gasteiger partial charge in [-0.15, -0.1) is 0 Å². The van der Waals surface area contributed by atoms with E-state index in [1.165, 1.54) is 98.7 Å². The van der Waals surface area contributed by atoms with Crippen LogP contribution in [0.5, 0.6) is 11.5 Å². The van der Waals surface area contributed by atoms with Crippen molar-refractivity contribution in [1.82, 2.24) is 0 Å². The van der Waals surface area contributed by atoms with Crippen LogP contribution in [0.1, 0.15) is 105 Å². The molecule has 11 aromatic carbocycles. The SMILES string of the molecule is CC(C)(C)c1ccc(B(c2ccc(-c3ccc4c(c3)Oc3cccc5c3c-4cc3c4ccccc4c(-c4ccc(B(c6ccc(C(C)(C)C)cc6)c6ccc(C(C)(C)C)cc6)cc4)cc53)cc2)c2ccc(C(C)(C)C)cc2)cc1. The third-order valence-corrected chi connectivity index (χ3v) is 17.0. The van der Waals surface area contributed by atoms with Gasteiger partial charge >= 0.3 is 0 Å². The largest absolute Gasteiger partial charge is 0.456 e. The Morgan fingerprint density at radius 3 is 1.04 bits per heavy atom. The van der Waals surface area contributed by atoms with Crippen molar-refractivity contribution in [2.75, 3.05) is 0 Å². The van der Waals surface area contributed by atoms with E-state index in [0.29, 0.717) is 0 Å². The summed E-state index contributed by atoms with van der Waals surface area (Å²) in [6.45, 7) is 27.6. The van der Waals surface area contributed by atoms with E-state index in [2.05, 4.69) is 301 Å². The van der Waals surface area contributed by atoms with Gasteiger partial charge in [-0.2, -0.15) is 0 Å². The van der Waals surface area contributed by atoms with Gasteiger partial charge in [0.1, 0.15) is 11.5 Å². The summed E-state index contributed by atoms with van der Waals surface area (Å²) in [5.74, 6) is 1.77. The average molecular weight is 1020 g/mol. The lowest BCUT2D eigenvalue weighted by atomic mass is 9.36. The zero-order valence-corrected chi connectivity index (χ0v) is 48.3. The van der Waals surface area contributed by atoms with Crippen molar-refractivity contribution in [3.05, 3.63) is 241 Å². The zero-order chi connectivity index (χ0) is 55.2. The molecule has 0 bridgehead atoms. The number of rotatable bonds is 8. The van der Waals surface area contributed by atoms with E-state index in [1.807, 2.05) is 0 Å². The Balaban J connectivity index is 0.897. The van der Waals surface area contributed by atoms with Crippen LogP contribution < -0.4 is 37.5 Å². The van der Waals surface area contributed by atoms with Gasteiger partial charge in [0.15, 0.2) is 0 Å². The van der Waals surface area contributed by atoms with Crippen LogP contribution in [-0.2, 0) is 21.7 Å². The minimum Gasteiger partial charge on any atom is -0.456 e. The van der Waals surface area contributed by atoms with Crippen LogP contribution >= 0.6 is 0 Å². The molecule has 79 heavy (non-hydrogen) atoms. The monoisotopic (exact) mass is 1020 g/mol. The summed E-state index contributed by atoms with van der Waals surface area (Å²) in [6.07, 6.45) is 0. The molecule has 0 radical (unpaired) electrons. The van der Waals surface area contributed by atoms with Crippen LogP contribution in [0.15, 0.2) is 218 Å². The number of ether oxygens (including phenoxy) is 1. The average Bonchev–Trinajstić information content (AvgIpc) is 3.44. The molecular weight excluding hydrogens is 950 g/mol. The Bertz CT molecular complexity index is 3950. The van der Waals surface area contributed by atoms with Crippen LogP contribution in [0, 0.1) is 0 Å². The summed E-state index contributed by atoms with van der Waals surface area (Å²) >= 11 is 0. The minimum absolute atomic E-state index is 0.0850. The Morgan fingerprint density at radius 2 is 0.608 bits per heavy atom. The predicted octanol–water partition coefficient (Wildman–Crippen LogP) is 16.5. The first-order chi connectivity index (χ1) is 37.7. The van der Waals surface area contributed by atoms with Crippen LogP contribution in [0.3, 0.4) is 0 Å². The second-order valence-electron chi connectivity index (χ2n) is 26.6. The molecule has 11 aromatic rings. The number of fused-ring (bicyclic) bond motifs is 6. The molecule has 1 nitrogen and oxygen atoms in total. The molecule has 0 amide bonds. The number of benzene rings is 11. The summed E-state index contributed by atoms with van der Waals surface area (Å²) in [4.78, 5) is 0. The molecule has 0 spiro atoms. The van der Waals surface area contributed by atoms with Crippen LogP contribution in [0.4, 0.5) is 0 Å². The van der Waals surface area contributed by atoms with Crippen molar-refractivity contribution in [3.63, 3.8) is 0 Å². The van der Waals surface area contributed by atoms with Gasteiger partial charge in [-0.1, -0.05) is 304 Å². The summed E-state index contributed by atoms with van der Waals surface area (Å²) in [6, 6.07) is 83.0. The Kier molecular flexibility index (Phi) is 12.8. The normalized spacial score (nSPS) is 12.7. The maximum absolute atomic E-state index is 6.96. The van der Waals surface area contributed by atoms with Gasteiger partial charge < -0.3 is 4.74 Å². The Hall–Kier alpha value is -7.87. The Labute approximate surface area is 470 Å². The third kappa shape index (κ3) is 9.81. The van der Waals surface area contributed by atoms with Gasteiger partial charge in [-0.25, -0.2) is 0 Å². The van der Waals surface area contributed by atoms with Crippen LogP contribution in [-0.4, -0.2) is 13.4 Å². The third-order valence-electron chi connectivity index (χ3n) is 17.0. The molecule has 1 aliphatic rings. The highest BCUT2D eigenvalue weighted by molar-refractivity contribution is 6.96. The van der Waals surface area contributed by atoms with Gasteiger partial charge in [0.2, 0.25) is 13.4 Å². The lowest BCUT2D eigenvalue weighted by Crippen LogP contribution is -2.52. The smallest absolute Gasteiger partial charge is 0.241 e. The topological polar surface area (TPSA) is 9.23 Å². The fourth-order valence-corrected chi connectivity index (χ4v) is 12.3. The standard InChI is InChI=1S/C76H72B2O/c1-73(2,3)52-25-37-58(38-26-52)77(59-39-27-53(28-40-59)74(4,5)6)56-33-20-49(21-34-56)51-24-45-64-69-48-67-63-17-14-13-16-62(63)66(47-68(67)65-18-15-19-70(72(65)69)79-71(64)46-51)50-22-35-57(36-23-50)78(60-41-29-54(30-42-60)75(7,8)9)61-43-31-55(32-44-61)76(10,11)12/h13-48H,1-12H3. The first-order valence-electron chi connectivity index (χ1n) is 28.5. The summed E-state index contributed by atoms with van der Waals surface area (Å²) in [5.41, 5.74) is 20.5. The summed E-state index contributed by atoms with van der Waals surface area (Å²) in [5, 5.41) is 7.33. The molecule has 0 atom stereocenters. The molecule has 388 valence electrons. The quantitative estimate of drug-likeness (QED) is 0.109. The highest BCUT2D eigenvalue weighted by Crippen LogP contribution is 2.51. The molecule has 0 saturated heterocycles. The molecule has 0 fully saturated rings. The lowest BCUT2D eigenvalue weighted by Gasteiger charge is -2.24. The molecule has 0 aromatic heterocycles. The van der Waals surface area contributed by atoms with Crippen molar-refractivity contribution in [2.45, 2.75) is 105 Å². The zero-order valence-electron chi connectivity index (χ0n) is 48.3. The van der Waals surface area contributed by atoms with E-state index in [1.54, 1.807) is 0 Å². The fourth-order valence-electron chi connectivity index (χ4n) is 12.3. The molecule has 0 aliphatic carbocycles. The van der Waals surface area contributed by atoms with Gasteiger partial charge in [0.25, 0.3) is 0 Å². The molecule has 1 aliphatic heterocycles. The van der Waals surface area contributed by atoms with Gasteiger partial charge in [-0.05, 0) is 129 Å². The molecule has 3 heteroatoms. The van der Waals surface area contributed by atoms with Crippen LogP contribution in [0.2, 0.25) is 0 Å². The molecular formula is C76H72B2O. The van der Waals surface area contributed by atoms with E-state index in [4.69, 9.17) is 4.74 Å².